The zero-order chi connectivity index (χ0) is 14.4. The van der Waals surface area contributed by atoms with Gasteiger partial charge in [-0.1, -0.05) is 0 Å². The van der Waals surface area contributed by atoms with Gasteiger partial charge in [0.05, 0.1) is 23.5 Å². The van der Waals surface area contributed by atoms with E-state index in [0.29, 0.717) is 5.56 Å². The van der Waals surface area contributed by atoms with Crippen LogP contribution in [0.25, 0.3) is 0 Å². The monoisotopic (exact) mass is 285 g/mol. The van der Waals surface area contributed by atoms with Crippen molar-refractivity contribution >= 4 is 17.7 Å². The Bertz CT molecular complexity index is 562. The van der Waals surface area contributed by atoms with Crippen molar-refractivity contribution in [2.24, 2.45) is 0 Å². The largest absolute Gasteiger partial charge is 0.337 e. The van der Waals surface area contributed by atoms with Crippen molar-refractivity contribution in [2.45, 2.75) is 36.1 Å². The molecule has 0 saturated heterocycles. The molecule has 0 radical (unpaired) electrons. The Balaban J connectivity index is 1.86. The zero-order valence-electron chi connectivity index (χ0n) is 11.1. The molecule has 1 aliphatic carbocycles. The first-order valence-electron chi connectivity index (χ1n) is 6.53. The molecule has 1 N–H and O–H groups in total. The van der Waals surface area contributed by atoms with E-state index in [4.69, 9.17) is 5.26 Å². The van der Waals surface area contributed by atoms with E-state index in [-0.39, 0.29) is 11.7 Å². The van der Waals surface area contributed by atoms with E-state index in [9.17, 15) is 10.1 Å². The molecule has 0 unspecified atom stereocenters. The van der Waals surface area contributed by atoms with Crippen molar-refractivity contribution in [2.75, 3.05) is 5.75 Å². The maximum atomic E-state index is 11.9. The number of nitrogens with one attached hydrogen (secondary N) is 1. The van der Waals surface area contributed by atoms with Crippen molar-refractivity contribution in [1.29, 1.82) is 10.5 Å². The minimum atomic E-state index is -0.650. The molecule has 1 aliphatic rings. The SMILES string of the molecule is N#Cc1ccc(SCC(=O)NC2(C#N)CCCC2)cc1. The third-order valence-electron chi connectivity index (χ3n) is 3.40. The number of amides is 1. The molecule has 0 bridgehead atoms. The van der Waals surface area contributed by atoms with Gasteiger partial charge < -0.3 is 5.32 Å². The van der Waals surface area contributed by atoms with E-state index in [2.05, 4.69) is 17.5 Å². The third-order valence-corrected chi connectivity index (χ3v) is 4.42. The Morgan fingerprint density at radius 3 is 2.45 bits per heavy atom. The van der Waals surface area contributed by atoms with Crippen LogP contribution in [0.3, 0.4) is 0 Å². The fourth-order valence-corrected chi connectivity index (χ4v) is 3.02. The molecular formula is C15H15N3OS. The average molecular weight is 285 g/mol. The summed E-state index contributed by atoms with van der Waals surface area (Å²) in [5, 5.41) is 20.8. The molecule has 1 fully saturated rings. The van der Waals surface area contributed by atoms with Gasteiger partial charge >= 0.3 is 0 Å². The van der Waals surface area contributed by atoms with E-state index < -0.39 is 5.54 Å². The summed E-state index contributed by atoms with van der Waals surface area (Å²) in [5.74, 6) is 0.179. The van der Waals surface area contributed by atoms with Crippen LogP contribution in [0.5, 0.6) is 0 Å². The van der Waals surface area contributed by atoms with Crippen LogP contribution in [-0.2, 0) is 4.79 Å². The molecule has 1 aromatic carbocycles. The summed E-state index contributed by atoms with van der Waals surface area (Å²) in [6, 6.07) is 11.4. The summed E-state index contributed by atoms with van der Waals surface area (Å²) in [5.41, 5.74) is -0.0457. The standard InChI is InChI=1S/C15H15N3OS/c16-9-12-3-5-13(6-4-12)20-10-14(19)18-15(11-17)7-1-2-8-15/h3-6H,1-2,7-8,10H2,(H,18,19). The first-order valence-corrected chi connectivity index (χ1v) is 7.51. The number of carbonyl (C=O) groups is 1. The predicted octanol–water partition coefficient (Wildman–Crippen LogP) is 2.60. The highest BCUT2D eigenvalue weighted by molar-refractivity contribution is 8.00. The molecule has 0 aromatic heterocycles. The van der Waals surface area contributed by atoms with E-state index in [1.165, 1.54) is 11.8 Å². The highest BCUT2D eigenvalue weighted by Crippen LogP contribution is 2.29. The van der Waals surface area contributed by atoms with E-state index >= 15 is 0 Å². The van der Waals surface area contributed by atoms with Gasteiger partial charge in [-0.25, -0.2) is 0 Å². The van der Waals surface area contributed by atoms with Crippen LogP contribution in [0.15, 0.2) is 29.2 Å². The zero-order valence-corrected chi connectivity index (χ0v) is 11.9. The lowest BCUT2D eigenvalue weighted by molar-refractivity contribution is -0.119. The van der Waals surface area contributed by atoms with E-state index in [0.717, 1.165) is 30.6 Å². The van der Waals surface area contributed by atoms with Gasteiger partial charge in [0.15, 0.2) is 0 Å². The number of rotatable bonds is 4. The summed E-state index contributed by atoms with van der Waals surface area (Å²) < 4.78 is 0. The van der Waals surface area contributed by atoms with Crippen LogP contribution in [-0.4, -0.2) is 17.2 Å². The van der Waals surface area contributed by atoms with Gasteiger partial charge in [-0.05, 0) is 49.9 Å². The van der Waals surface area contributed by atoms with Crippen molar-refractivity contribution in [3.63, 3.8) is 0 Å². The van der Waals surface area contributed by atoms with Crippen LogP contribution < -0.4 is 5.32 Å². The van der Waals surface area contributed by atoms with Gasteiger partial charge in [0.2, 0.25) is 5.91 Å². The molecule has 0 heterocycles. The van der Waals surface area contributed by atoms with Crippen LogP contribution in [0.2, 0.25) is 0 Å². The van der Waals surface area contributed by atoms with Crippen LogP contribution in [0, 0.1) is 22.7 Å². The Hall–Kier alpha value is -1.98. The summed E-state index contributed by atoms with van der Waals surface area (Å²) in [7, 11) is 0. The molecule has 1 amide bonds. The summed E-state index contributed by atoms with van der Waals surface area (Å²) >= 11 is 1.41. The van der Waals surface area contributed by atoms with Crippen molar-refractivity contribution in [3.8, 4) is 12.1 Å². The minimum absolute atomic E-state index is 0.109. The first-order chi connectivity index (χ1) is 9.67. The first kappa shape index (κ1) is 14.4. The van der Waals surface area contributed by atoms with Gasteiger partial charge in [0, 0.05) is 4.90 Å². The van der Waals surface area contributed by atoms with Gasteiger partial charge in [-0.15, -0.1) is 11.8 Å². The molecule has 0 spiro atoms. The second-order valence-electron chi connectivity index (χ2n) is 4.87. The Kier molecular flexibility index (Phi) is 4.65. The van der Waals surface area contributed by atoms with Gasteiger partial charge in [-0.3, -0.25) is 4.79 Å². The normalized spacial score (nSPS) is 16.1. The molecule has 4 nitrogen and oxygen atoms in total. The van der Waals surface area contributed by atoms with Crippen LogP contribution in [0.1, 0.15) is 31.2 Å². The van der Waals surface area contributed by atoms with Crippen molar-refractivity contribution in [1.82, 2.24) is 5.32 Å². The quantitative estimate of drug-likeness (QED) is 0.863. The smallest absolute Gasteiger partial charge is 0.231 e. The Labute approximate surface area is 122 Å². The Morgan fingerprint density at radius 1 is 1.25 bits per heavy atom. The highest BCUT2D eigenvalue weighted by Gasteiger charge is 2.35. The highest BCUT2D eigenvalue weighted by atomic mass is 32.2. The number of hydrogen-bond acceptors (Lipinski definition) is 4. The number of nitriles is 2. The van der Waals surface area contributed by atoms with Gasteiger partial charge in [0.25, 0.3) is 0 Å². The molecule has 102 valence electrons. The van der Waals surface area contributed by atoms with Gasteiger partial charge in [-0.2, -0.15) is 10.5 Å². The van der Waals surface area contributed by atoms with Crippen LogP contribution in [0.4, 0.5) is 0 Å². The number of thioether (sulfide) groups is 1. The average Bonchev–Trinajstić information content (AvgIpc) is 2.95. The summed E-state index contributed by atoms with van der Waals surface area (Å²) in [6.45, 7) is 0. The lowest BCUT2D eigenvalue weighted by atomic mass is 10.0. The predicted molar refractivity (Wildman–Crippen MR) is 76.8 cm³/mol. The minimum Gasteiger partial charge on any atom is -0.337 e. The number of hydrogen-bond donors (Lipinski definition) is 1. The second kappa shape index (κ2) is 6.45. The maximum absolute atomic E-state index is 11.9. The molecular weight excluding hydrogens is 270 g/mol. The Morgan fingerprint density at radius 2 is 1.90 bits per heavy atom. The topological polar surface area (TPSA) is 76.7 Å². The van der Waals surface area contributed by atoms with Crippen molar-refractivity contribution in [3.05, 3.63) is 29.8 Å². The molecule has 0 atom stereocenters. The third kappa shape index (κ3) is 3.53. The molecule has 1 saturated carbocycles. The molecule has 2 rings (SSSR count). The molecule has 0 aliphatic heterocycles. The fraction of sp³-hybridized carbons (Fsp3) is 0.400. The second-order valence-corrected chi connectivity index (χ2v) is 5.92. The van der Waals surface area contributed by atoms with Crippen molar-refractivity contribution < 1.29 is 4.79 Å². The molecule has 20 heavy (non-hydrogen) atoms. The molecule has 5 heteroatoms. The fourth-order valence-electron chi connectivity index (χ4n) is 2.32. The van der Waals surface area contributed by atoms with E-state index in [1.54, 1.807) is 12.1 Å². The summed E-state index contributed by atoms with van der Waals surface area (Å²) in [4.78, 5) is 12.9. The lowest BCUT2D eigenvalue weighted by Crippen LogP contribution is -2.45. The lowest BCUT2D eigenvalue weighted by Gasteiger charge is -2.21. The number of carbonyl (C=O) groups excluding carboxylic acids is 1. The number of benzene rings is 1. The van der Waals surface area contributed by atoms with Crippen LogP contribution >= 0.6 is 11.8 Å². The van der Waals surface area contributed by atoms with Gasteiger partial charge in [0.1, 0.15) is 5.54 Å². The maximum Gasteiger partial charge on any atom is 0.231 e. The molecule has 1 aromatic rings. The van der Waals surface area contributed by atoms with E-state index in [1.807, 2.05) is 12.1 Å². The summed E-state index contributed by atoms with van der Waals surface area (Å²) in [6.07, 6.45) is 3.49. The number of nitrogens with zero attached hydrogens (tertiary/aromatic N) is 2.